The van der Waals surface area contributed by atoms with Crippen LogP contribution in [0, 0.1) is 0 Å². The van der Waals surface area contributed by atoms with Gasteiger partial charge in [0.15, 0.2) is 0 Å². The average molecular weight is 370 g/mol. The number of piperidine rings is 1. The van der Waals surface area contributed by atoms with E-state index in [0.717, 1.165) is 44.7 Å². The average Bonchev–Trinajstić information content (AvgIpc) is 3.34. The summed E-state index contributed by atoms with van der Waals surface area (Å²) >= 11 is 1.84. The highest BCUT2D eigenvalue weighted by Gasteiger charge is 2.23. The predicted octanol–water partition coefficient (Wildman–Crippen LogP) is 3.68. The van der Waals surface area contributed by atoms with E-state index in [4.69, 9.17) is 0 Å². The maximum Gasteiger partial charge on any atom is 0.227 e. The van der Waals surface area contributed by atoms with Crippen LogP contribution in [0.4, 0.5) is 11.4 Å². The summed E-state index contributed by atoms with van der Waals surface area (Å²) < 4.78 is 0. The molecule has 2 aromatic rings. The number of benzene rings is 1. The van der Waals surface area contributed by atoms with Crippen molar-refractivity contribution in [2.75, 3.05) is 36.0 Å². The van der Waals surface area contributed by atoms with E-state index >= 15 is 0 Å². The number of amides is 1. The molecule has 0 atom stereocenters. The number of hydrogen-bond acceptors (Lipinski definition) is 4. The molecule has 4 nitrogen and oxygen atoms in total. The van der Waals surface area contributed by atoms with Gasteiger partial charge in [0.05, 0.1) is 0 Å². The molecule has 1 aromatic carbocycles. The van der Waals surface area contributed by atoms with Crippen LogP contribution in [0.5, 0.6) is 0 Å². The number of rotatable bonds is 6. The summed E-state index contributed by atoms with van der Waals surface area (Å²) in [6.45, 7) is 4.08. The Morgan fingerprint density at radius 1 is 1.08 bits per heavy atom. The largest absolute Gasteiger partial charge is 0.371 e. The molecule has 2 aliphatic rings. The lowest BCUT2D eigenvalue weighted by Gasteiger charge is -2.34. The monoisotopic (exact) mass is 369 g/mol. The Hall–Kier alpha value is -1.85. The van der Waals surface area contributed by atoms with Crippen LogP contribution < -0.4 is 15.1 Å². The molecule has 0 bridgehead atoms. The molecule has 0 aliphatic carbocycles. The van der Waals surface area contributed by atoms with E-state index in [-0.39, 0.29) is 5.91 Å². The lowest BCUT2D eigenvalue weighted by molar-refractivity contribution is -0.117. The second-order valence-electron chi connectivity index (χ2n) is 7.21. The third-order valence-electron chi connectivity index (χ3n) is 5.46. The maximum atomic E-state index is 12.0. The van der Waals surface area contributed by atoms with E-state index in [2.05, 4.69) is 52.0 Å². The third kappa shape index (κ3) is 4.10. The lowest BCUT2D eigenvalue weighted by atomic mass is 10.0. The zero-order valence-corrected chi connectivity index (χ0v) is 16.0. The summed E-state index contributed by atoms with van der Waals surface area (Å²) in [6, 6.07) is 13.5. The van der Waals surface area contributed by atoms with Crippen LogP contribution in [0.15, 0.2) is 41.8 Å². The SMILES string of the molecule is O=C1CCCN1c1cccc(N2CCC(NCCc3cccs3)CC2)c1. The van der Waals surface area contributed by atoms with Crippen LogP contribution in [0.2, 0.25) is 0 Å². The van der Waals surface area contributed by atoms with Gasteiger partial charge in [-0.25, -0.2) is 0 Å². The molecule has 0 radical (unpaired) electrons. The van der Waals surface area contributed by atoms with Crippen LogP contribution in [-0.2, 0) is 11.2 Å². The molecular weight excluding hydrogens is 342 g/mol. The number of anilines is 2. The van der Waals surface area contributed by atoms with Gasteiger partial charge in [-0.15, -0.1) is 11.3 Å². The lowest BCUT2D eigenvalue weighted by Crippen LogP contribution is -2.43. The Kier molecular flexibility index (Phi) is 5.56. The van der Waals surface area contributed by atoms with E-state index in [1.54, 1.807) is 0 Å². The molecule has 26 heavy (non-hydrogen) atoms. The van der Waals surface area contributed by atoms with E-state index in [1.807, 2.05) is 16.2 Å². The molecule has 0 saturated carbocycles. The van der Waals surface area contributed by atoms with Crippen LogP contribution in [-0.4, -0.2) is 38.1 Å². The van der Waals surface area contributed by atoms with Crippen LogP contribution in [0.3, 0.4) is 0 Å². The number of carbonyl (C=O) groups excluding carboxylic acids is 1. The first-order valence-electron chi connectivity index (χ1n) is 9.71. The molecule has 2 fully saturated rings. The molecule has 1 aromatic heterocycles. The van der Waals surface area contributed by atoms with Crippen LogP contribution >= 0.6 is 11.3 Å². The highest BCUT2D eigenvalue weighted by molar-refractivity contribution is 7.09. The molecule has 1 amide bonds. The fourth-order valence-corrected chi connectivity index (χ4v) is 4.68. The molecule has 0 spiro atoms. The minimum absolute atomic E-state index is 0.260. The fourth-order valence-electron chi connectivity index (χ4n) is 3.97. The smallest absolute Gasteiger partial charge is 0.227 e. The molecule has 2 aliphatic heterocycles. The Balaban J connectivity index is 1.28. The van der Waals surface area contributed by atoms with Crippen molar-refractivity contribution in [1.29, 1.82) is 0 Å². The van der Waals surface area contributed by atoms with Gasteiger partial charge in [-0.3, -0.25) is 4.79 Å². The standard InChI is InChI=1S/C21H27N3OS/c25-21-7-2-12-24(21)19-5-1-4-18(16-19)23-13-9-17(10-14-23)22-11-8-20-6-3-15-26-20/h1,3-6,15-17,22H,2,7-14H2. The van der Waals surface area contributed by atoms with Gasteiger partial charge in [0.25, 0.3) is 0 Å². The van der Waals surface area contributed by atoms with Crippen LogP contribution in [0.1, 0.15) is 30.6 Å². The van der Waals surface area contributed by atoms with Gasteiger partial charge in [0, 0.05) is 54.9 Å². The summed E-state index contributed by atoms with van der Waals surface area (Å²) in [4.78, 5) is 17.8. The third-order valence-corrected chi connectivity index (χ3v) is 6.40. The Labute approximate surface area is 159 Å². The second-order valence-corrected chi connectivity index (χ2v) is 8.25. The summed E-state index contributed by atoms with van der Waals surface area (Å²) in [5, 5.41) is 5.87. The highest BCUT2D eigenvalue weighted by atomic mass is 32.1. The van der Waals surface area contributed by atoms with E-state index in [0.29, 0.717) is 12.5 Å². The number of carbonyl (C=O) groups is 1. The van der Waals surface area contributed by atoms with Crippen molar-refractivity contribution in [3.05, 3.63) is 46.7 Å². The number of nitrogens with one attached hydrogen (secondary N) is 1. The summed E-state index contributed by atoms with van der Waals surface area (Å²) in [5.41, 5.74) is 2.31. The Morgan fingerprint density at radius 3 is 2.65 bits per heavy atom. The van der Waals surface area contributed by atoms with Crippen molar-refractivity contribution < 1.29 is 4.79 Å². The molecule has 3 heterocycles. The zero-order chi connectivity index (χ0) is 17.8. The topological polar surface area (TPSA) is 35.6 Å². The normalized spacial score (nSPS) is 18.7. The van der Waals surface area contributed by atoms with Gasteiger partial charge in [-0.1, -0.05) is 12.1 Å². The molecule has 0 unspecified atom stereocenters. The quantitative estimate of drug-likeness (QED) is 0.844. The van der Waals surface area contributed by atoms with Gasteiger partial charge in [-0.05, 0) is 55.3 Å². The van der Waals surface area contributed by atoms with Crippen molar-refractivity contribution in [1.82, 2.24) is 5.32 Å². The Morgan fingerprint density at radius 2 is 1.92 bits per heavy atom. The molecule has 138 valence electrons. The van der Waals surface area contributed by atoms with Gasteiger partial charge in [-0.2, -0.15) is 0 Å². The number of hydrogen-bond donors (Lipinski definition) is 1. The van der Waals surface area contributed by atoms with E-state index < -0.39 is 0 Å². The van der Waals surface area contributed by atoms with Crippen molar-refractivity contribution in [3.8, 4) is 0 Å². The van der Waals surface area contributed by atoms with Gasteiger partial charge < -0.3 is 15.1 Å². The zero-order valence-electron chi connectivity index (χ0n) is 15.2. The van der Waals surface area contributed by atoms with Crippen molar-refractivity contribution in [2.45, 2.75) is 38.1 Å². The molecular formula is C21H27N3OS. The molecule has 4 rings (SSSR count). The van der Waals surface area contributed by atoms with Gasteiger partial charge in [0.2, 0.25) is 5.91 Å². The minimum Gasteiger partial charge on any atom is -0.371 e. The Bertz CT molecular complexity index is 723. The summed E-state index contributed by atoms with van der Waals surface area (Å²) in [6.07, 6.45) is 5.15. The molecule has 5 heteroatoms. The van der Waals surface area contributed by atoms with E-state index in [1.165, 1.54) is 23.4 Å². The first-order chi connectivity index (χ1) is 12.8. The summed E-state index contributed by atoms with van der Waals surface area (Å²) in [7, 11) is 0. The highest BCUT2D eigenvalue weighted by Crippen LogP contribution is 2.27. The maximum absolute atomic E-state index is 12.0. The van der Waals surface area contributed by atoms with E-state index in [9.17, 15) is 4.79 Å². The number of nitrogens with zero attached hydrogens (tertiary/aromatic N) is 2. The van der Waals surface area contributed by atoms with Crippen molar-refractivity contribution >= 4 is 28.6 Å². The van der Waals surface area contributed by atoms with Crippen LogP contribution in [0.25, 0.3) is 0 Å². The molecule has 2 saturated heterocycles. The van der Waals surface area contributed by atoms with Crippen molar-refractivity contribution in [3.63, 3.8) is 0 Å². The minimum atomic E-state index is 0.260. The van der Waals surface area contributed by atoms with Gasteiger partial charge in [0.1, 0.15) is 0 Å². The van der Waals surface area contributed by atoms with Gasteiger partial charge >= 0.3 is 0 Å². The second kappa shape index (κ2) is 8.23. The molecule has 1 N–H and O–H groups in total. The van der Waals surface area contributed by atoms with Crippen molar-refractivity contribution in [2.24, 2.45) is 0 Å². The summed E-state index contributed by atoms with van der Waals surface area (Å²) in [5.74, 6) is 0.260. The fraction of sp³-hybridized carbons (Fsp3) is 0.476. The predicted molar refractivity (Wildman–Crippen MR) is 109 cm³/mol. The first kappa shape index (κ1) is 17.6. The number of thiophene rings is 1. The first-order valence-corrected chi connectivity index (χ1v) is 10.6.